The second-order valence-corrected chi connectivity index (χ2v) is 5.36. The van der Waals surface area contributed by atoms with Crippen LogP contribution in [0.15, 0.2) is 36.4 Å². The molecule has 0 radical (unpaired) electrons. The molecule has 23 heavy (non-hydrogen) atoms. The maximum Gasteiger partial charge on any atom is 0.231 e. The minimum atomic E-state index is 0.175. The monoisotopic (exact) mass is 330 g/mol. The Morgan fingerprint density at radius 2 is 1.35 bits per heavy atom. The lowest BCUT2D eigenvalue weighted by Gasteiger charge is -2.07. The first-order chi connectivity index (χ1) is 11.3. The van der Waals surface area contributed by atoms with Gasteiger partial charge in [-0.05, 0) is 41.5 Å². The van der Waals surface area contributed by atoms with E-state index in [1.54, 1.807) is 36.4 Å². The zero-order valence-corrected chi connectivity index (χ0v) is 12.6. The Bertz CT molecular complexity index is 828. The minimum absolute atomic E-state index is 0.175. The summed E-state index contributed by atoms with van der Waals surface area (Å²) in [5, 5.41) is 0.331. The van der Waals surface area contributed by atoms with E-state index < -0.39 is 0 Å². The van der Waals surface area contributed by atoms with E-state index >= 15 is 0 Å². The lowest BCUT2D eigenvalue weighted by Crippen LogP contribution is -1.93. The number of carbonyl (C=O) groups excluding carboxylic acids is 1. The first-order valence-electron chi connectivity index (χ1n) is 6.91. The van der Waals surface area contributed by atoms with Gasteiger partial charge in [0, 0.05) is 5.57 Å². The molecule has 0 N–H and O–H groups in total. The number of allylic oxidation sites excluding steroid dienone is 1. The minimum Gasteiger partial charge on any atom is -0.454 e. The largest absolute Gasteiger partial charge is 0.454 e. The number of rotatable bonds is 3. The molecule has 2 aliphatic rings. The standard InChI is InChI=1S/C17H11ClO5/c18-17(11-2-4-14-16(6-11)23-9-21-14)12(7-19)10-1-3-13-15(5-10)22-8-20-13/h1-7H,8-9H2. The Kier molecular flexibility index (Phi) is 3.35. The van der Waals surface area contributed by atoms with Crippen molar-refractivity contribution >= 4 is 28.5 Å². The lowest BCUT2D eigenvalue weighted by atomic mass is 10.0. The number of aldehydes is 1. The molecule has 0 saturated carbocycles. The van der Waals surface area contributed by atoms with E-state index in [1.807, 2.05) is 0 Å². The highest BCUT2D eigenvalue weighted by molar-refractivity contribution is 6.55. The summed E-state index contributed by atoms with van der Waals surface area (Å²) in [4.78, 5) is 11.6. The van der Waals surface area contributed by atoms with Crippen molar-refractivity contribution in [2.24, 2.45) is 0 Å². The molecule has 0 unspecified atom stereocenters. The molecule has 4 rings (SSSR count). The first-order valence-corrected chi connectivity index (χ1v) is 7.29. The zero-order valence-electron chi connectivity index (χ0n) is 11.9. The van der Waals surface area contributed by atoms with Crippen molar-refractivity contribution in [1.82, 2.24) is 0 Å². The van der Waals surface area contributed by atoms with Gasteiger partial charge in [-0.3, -0.25) is 4.79 Å². The summed E-state index contributed by atoms with van der Waals surface area (Å²) in [6, 6.07) is 10.6. The summed E-state index contributed by atoms with van der Waals surface area (Å²) in [5.74, 6) is 2.51. The molecule has 5 nitrogen and oxygen atoms in total. The van der Waals surface area contributed by atoms with Crippen molar-refractivity contribution in [3.63, 3.8) is 0 Å². The predicted molar refractivity (Wildman–Crippen MR) is 83.9 cm³/mol. The van der Waals surface area contributed by atoms with Crippen molar-refractivity contribution < 1.29 is 23.7 Å². The fourth-order valence-corrected chi connectivity index (χ4v) is 2.77. The number of fused-ring (bicyclic) bond motifs is 2. The Balaban J connectivity index is 1.78. The van der Waals surface area contributed by atoms with Gasteiger partial charge in [0.2, 0.25) is 13.6 Å². The van der Waals surface area contributed by atoms with Gasteiger partial charge < -0.3 is 18.9 Å². The van der Waals surface area contributed by atoms with Gasteiger partial charge in [0.05, 0.1) is 5.03 Å². The Morgan fingerprint density at radius 1 is 0.826 bits per heavy atom. The molecule has 116 valence electrons. The number of hydrogen-bond donors (Lipinski definition) is 0. The van der Waals surface area contributed by atoms with Crippen LogP contribution in [-0.4, -0.2) is 19.9 Å². The number of ether oxygens (including phenoxy) is 4. The highest BCUT2D eigenvalue weighted by atomic mass is 35.5. The summed E-state index contributed by atoms with van der Waals surface area (Å²) >= 11 is 6.44. The maximum atomic E-state index is 11.6. The second-order valence-electron chi connectivity index (χ2n) is 4.98. The Morgan fingerprint density at radius 3 is 1.96 bits per heavy atom. The topological polar surface area (TPSA) is 54.0 Å². The van der Waals surface area contributed by atoms with Crippen LogP contribution in [0.1, 0.15) is 11.1 Å². The summed E-state index contributed by atoms with van der Waals surface area (Å²) in [6.07, 6.45) is 0.727. The van der Waals surface area contributed by atoms with Crippen molar-refractivity contribution in [3.8, 4) is 23.0 Å². The molecule has 0 aliphatic carbocycles. The van der Waals surface area contributed by atoms with Crippen LogP contribution in [0.5, 0.6) is 23.0 Å². The molecule has 2 aromatic rings. The Labute approximate surface area is 137 Å². The third-order valence-electron chi connectivity index (χ3n) is 3.66. The summed E-state index contributed by atoms with van der Waals surface area (Å²) in [6.45, 7) is 0.359. The molecule has 0 amide bonds. The molecule has 6 heteroatoms. The molecule has 0 spiro atoms. The molecular formula is C17H11ClO5. The zero-order chi connectivity index (χ0) is 15.8. The van der Waals surface area contributed by atoms with E-state index in [9.17, 15) is 4.79 Å². The average Bonchev–Trinajstić information content (AvgIpc) is 3.23. The number of hydrogen-bond acceptors (Lipinski definition) is 5. The molecule has 2 heterocycles. The SMILES string of the molecule is O=CC(=C(Cl)c1ccc2c(c1)OCO2)c1ccc2c(c1)OCO2. The van der Waals surface area contributed by atoms with Crippen LogP contribution in [0.25, 0.3) is 10.6 Å². The van der Waals surface area contributed by atoms with E-state index in [2.05, 4.69) is 0 Å². The molecule has 0 bridgehead atoms. The Hall–Kier alpha value is -2.66. The van der Waals surface area contributed by atoms with Crippen LogP contribution in [-0.2, 0) is 4.79 Å². The fourth-order valence-electron chi connectivity index (χ4n) is 2.50. The van der Waals surface area contributed by atoms with Crippen molar-refractivity contribution in [3.05, 3.63) is 47.5 Å². The van der Waals surface area contributed by atoms with Gasteiger partial charge in [0.25, 0.3) is 0 Å². The molecule has 0 atom stereocenters. The maximum absolute atomic E-state index is 11.6. The third-order valence-corrected chi connectivity index (χ3v) is 4.09. The molecule has 0 saturated heterocycles. The number of carbonyl (C=O) groups is 1. The van der Waals surface area contributed by atoms with Gasteiger partial charge in [-0.15, -0.1) is 0 Å². The number of halogens is 1. The highest BCUT2D eigenvalue weighted by Crippen LogP contribution is 2.39. The van der Waals surface area contributed by atoms with E-state index in [-0.39, 0.29) is 13.6 Å². The fraction of sp³-hybridized carbons (Fsp3) is 0.118. The highest BCUT2D eigenvalue weighted by Gasteiger charge is 2.19. The summed E-state index contributed by atoms with van der Waals surface area (Å²) in [7, 11) is 0. The predicted octanol–water partition coefficient (Wildman–Crippen LogP) is 3.45. The van der Waals surface area contributed by atoms with Crippen LogP contribution >= 0.6 is 11.6 Å². The van der Waals surface area contributed by atoms with Gasteiger partial charge in [-0.1, -0.05) is 17.7 Å². The smallest absolute Gasteiger partial charge is 0.231 e. The van der Waals surface area contributed by atoms with Gasteiger partial charge in [-0.25, -0.2) is 0 Å². The van der Waals surface area contributed by atoms with Crippen LogP contribution in [0.4, 0.5) is 0 Å². The summed E-state index contributed by atoms with van der Waals surface area (Å²) in [5.41, 5.74) is 1.70. The van der Waals surface area contributed by atoms with Crippen molar-refractivity contribution in [2.75, 3.05) is 13.6 Å². The average molecular weight is 331 g/mol. The van der Waals surface area contributed by atoms with Crippen LogP contribution < -0.4 is 18.9 Å². The van der Waals surface area contributed by atoms with E-state index in [0.29, 0.717) is 44.7 Å². The van der Waals surface area contributed by atoms with E-state index in [0.717, 1.165) is 6.29 Å². The van der Waals surface area contributed by atoms with Gasteiger partial charge in [-0.2, -0.15) is 0 Å². The normalized spacial score (nSPS) is 15.3. The van der Waals surface area contributed by atoms with Crippen LogP contribution in [0.3, 0.4) is 0 Å². The van der Waals surface area contributed by atoms with Gasteiger partial charge >= 0.3 is 0 Å². The van der Waals surface area contributed by atoms with Crippen molar-refractivity contribution in [2.45, 2.75) is 0 Å². The number of benzene rings is 2. The van der Waals surface area contributed by atoms with Crippen LogP contribution in [0.2, 0.25) is 0 Å². The lowest BCUT2D eigenvalue weighted by molar-refractivity contribution is -0.103. The van der Waals surface area contributed by atoms with Crippen LogP contribution in [0, 0.1) is 0 Å². The van der Waals surface area contributed by atoms with Crippen molar-refractivity contribution in [1.29, 1.82) is 0 Å². The molecule has 0 aromatic heterocycles. The second kappa shape index (κ2) is 5.52. The molecular weight excluding hydrogens is 320 g/mol. The van der Waals surface area contributed by atoms with Gasteiger partial charge in [0.15, 0.2) is 29.3 Å². The quantitative estimate of drug-likeness (QED) is 0.490. The third kappa shape index (κ3) is 2.39. The molecule has 2 aliphatic heterocycles. The summed E-state index contributed by atoms with van der Waals surface area (Å²) < 4.78 is 21.2. The first kappa shape index (κ1) is 14.0. The van der Waals surface area contributed by atoms with E-state index in [4.69, 9.17) is 30.5 Å². The molecule has 0 fully saturated rings. The van der Waals surface area contributed by atoms with Gasteiger partial charge in [0.1, 0.15) is 0 Å². The molecule has 2 aromatic carbocycles. The van der Waals surface area contributed by atoms with E-state index in [1.165, 1.54) is 0 Å².